The average molecular weight is 248 g/mol. The minimum Gasteiger partial charge on any atom is -1.00 e. The zero-order valence-corrected chi connectivity index (χ0v) is 12.1. The van der Waals surface area contributed by atoms with Gasteiger partial charge in [0.05, 0.1) is 26.2 Å². The molecular weight excluding hydrogens is 218 g/mol. The molecule has 2 heteroatoms. The Morgan fingerprint density at radius 1 is 0.750 bits per heavy atom. The van der Waals surface area contributed by atoms with E-state index in [0.717, 1.165) is 0 Å². The molecule has 0 atom stereocenters. The Morgan fingerprint density at radius 2 is 1.38 bits per heavy atom. The zero-order chi connectivity index (χ0) is 11.0. The van der Waals surface area contributed by atoms with E-state index in [1.165, 1.54) is 82.0 Å². The van der Waals surface area contributed by atoms with Gasteiger partial charge in [-0.15, -0.1) is 0 Å². The van der Waals surface area contributed by atoms with Gasteiger partial charge in [0.25, 0.3) is 0 Å². The normalized spacial score (nSPS) is 18.4. The Morgan fingerprint density at radius 3 is 1.94 bits per heavy atom. The van der Waals surface area contributed by atoms with Crippen LogP contribution >= 0.6 is 0 Å². The van der Waals surface area contributed by atoms with Crippen LogP contribution in [0.3, 0.4) is 0 Å². The van der Waals surface area contributed by atoms with Crippen molar-refractivity contribution in [1.29, 1.82) is 0 Å². The molecule has 1 aliphatic rings. The fourth-order valence-corrected chi connectivity index (χ4v) is 3.09. The number of nitrogens with zero attached hydrogens (tertiary/aromatic N) is 1. The van der Waals surface area contributed by atoms with Crippen molar-refractivity contribution in [3.05, 3.63) is 0 Å². The first-order valence-corrected chi connectivity index (χ1v) is 7.18. The summed E-state index contributed by atoms with van der Waals surface area (Å²) in [4.78, 5) is 0. The predicted octanol–water partition coefficient (Wildman–Crippen LogP) is 0.981. The lowest BCUT2D eigenvalue weighted by Crippen LogP contribution is -3.00. The molecule has 0 aromatic carbocycles. The third kappa shape index (κ3) is 5.54. The van der Waals surface area contributed by atoms with E-state index in [2.05, 4.69) is 13.8 Å². The second-order valence-electron chi connectivity index (χ2n) is 5.36. The Labute approximate surface area is 109 Å². The van der Waals surface area contributed by atoms with Crippen molar-refractivity contribution in [2.75, 3.05) is 26.2 Å². The van der Waals surface area contributed by atoms with Gasteiger partial charge in [0, 0.05) is 12.8 Å². The van der Waals surface area contributed by atoms with Crippen LogP contribution in [0.1, 0.15) is 65.2 Å². The molecule has 0 aromatic rings. The molecular formula is C14H30ClN. The molecule has 1 aliphatic heterocycles. The van der Waals surface area contributed by atoms with Crippen molar-refractivity contribution in [2.45, 2.75) is 65.2 Å². The maximum absolute atomic E-state index is 2.34. The maximum atomic E-state index is 2.34. The summed E-state index contributed by atoms with van der Waals surface area (Å²) in [7, 11) is 0. The monoisotopic (exact) mass is 247 g/mol. The second kappa shape index (κ2) is 9.30. The van der Waals surface area contributed by atoms with Gasteiger partial charge in [-0.05, 0) is 19.3 Å². The van der Waals surface area contributed by atoms with Crippen LogP contribution in [0.15, 0.2) is 0 Å². The van der Waals surface area contributed by atoms with Gasteiger partial charge in [-0.25, -0.2) is 0 Å². The highest BCUT2D eigenvalue weighted by atomic mass is 35.5. The van der Waals surface area contributed by atoms with E-state index in [-0.39, 0.29) is 12.4 Å². The number of hydrogen-bond acceptors (Lipinski definition) is 0. The molecule has 0 aliphatic carbocycles. The molecule has 0 spiro atoms. The van der Waals surface area contributed by atoms with Crippen molar-refractivity contribution in [3.63, 3.8) is 0 Å². The number of rotatable bonds is 8. The Balaban J connectivity index is 0.00000225. The third-order valence-corrected chi connectivity index (χ3v) is 3.95. The van der Waals surface area contributed by atoms with Crippen LogP contribution in [0.4, 0.5) is 0 Å². The van der Waals surface area contributed by atoms with Crippen LogP contribution < -0.4 is 12.4 Å². The molecule has 0 N–H and O–H groups in total. The smallest absolute Gasteiger partial charge is 0.0788 e. The molecule has 0 amide bonds. The van der Waals surface area contributed by atoms with Crippen LogP contribution in [-0.4, -0.2) is 30.7 Å². The van der Waals surface area contributed by atoms with Crippen molar-refractivity contribution >= 4 is 0 Å². The number of hydrogen-bond donors (Lipinski definition) is 0. The molecule has 0 unspecified atom stereocenters. The van der Waals surface area contributed by atoms with E-state index in [1.54, 1.807) is 0 Å². The quantitative estimate of drug-likeness (QED) is 0.443. The van der Waals surface area contributed by atoms with Gasteiger partial charge < -0.3 is 16.9 Å². The first-order valence-electron chi connectivity index (χ1n) is 7.18. The summed E-state index contributed by atoms with van der Waals surface area (Å²) in [6, 6.07) is 0. The summed E-state index contributed by atoms with van der Waals surface area (Å²) in [6.07, 6.45) is 11.5. The highest BCUT2D eigenvalue weighted by Gasteiger charge is 2.29. The number of halogens is 1. The van der Waals surface area contributed by atoms with Gasteiger partial charge in [0.15, 0.2) is 0 Å². The first-order chi connectivity index (χ1) is 7.33. The average Bonchev–Trinajstić information content (AvgIpc) is 2.67. The van der Waals surface area contributed by atoms with Crippen LogP contribution in [0.2, 0.25) is 0 Å². The SMILES string of the molecule is CCCCCCC[N+]1(CCC)CCCC1.[Cl-]. The van der Waals surface area contributed by atoms with Crippen LogP contribution in [0.5, 0.6) is 0 Å². The van der Waals surface area contributed by atoms with Gasteiger partial charge in [-0.1, -0.05) is 33.1 Å². The molecule has 1 fully saturated rings. The summed E-state index contributed by atoms with van der Waals surface area (Å²) < 4.78 is 1.46. The zero-order valence-electron chi connectivity index (χ0n) is 11.3. The van der Waals surface area contributed by atoms with E-state index in [0.29, 0.717) is 0 Å². The third-order valence-electron chi connectivity index (χ3n) is 3.95. The summed E-state index contributed by atoms with van der Waals surface area (Å²) >= 11 is 0. The van der Waals surface area contributed by atoms with E-state index in [4.69, 9.17) is 0 Å². The Kier molecular flexibility index (Phi) is 9.44. The molecule has 16 heavy (non-hydrogen) atoms. The molecule has 0 bridgehead atoms. The van der Waals surface area contributed by atoms with Gasteiger partial charge in [0.1, 0.15) is 0 Å². The van der Waals surface area contributed by atoms with Gasteiger partial charge in [0.2, 0.25) is 0 Å². The highest BCUT2D eigenvalue weighted by molar-refractivity contribution is 4.55. The fraction of sp³-hybridized carbons (Fsp3) is 1.00. The van der Waals surface area contributed by atoms with Gasteiger partial charge >= 0.3 is 0 Å². The Bertz CT molecular complexity index is 153. The van der Waals surface area contributed by atoms with Crippen molar-refractivity contribution < 1.29 is 16.9 Å². The van der Waals surface area contributed by atoms with Crippen LogP contribution in [-0.2, 0) is 0 Å². The highest BCUT2D eigenvalue weighted by Crippen LogP contribution is 2.21. The van der Waals surface area contributed by atoms with Gasteiger partial charge in [-0.3, -0.25) is 0 Å². The number of likely N-dealkylation sites (tertiary alicyclic amines) is 1. The maximum Gasteiger partial charge on any atom is 0.0788 e. The molecule has 1 saturated heterocycles. The van der Waals surface area contributed by atoms with E-state index in [9.17, 15) is 0 Å². The molecule has 0 aromatic heterocycles. The standard InChI is InChI=1S/C14H30N.ClH/c1-3-5-6-7-8-12-15(11-4-2)13-9-10-14-15;/h3-14H2,1-2H3;1H/q+1;/p-1. The molecule has 98 valence electrons. The van der Waals surface area contributed by atoms with Crippen LogP contribution in [0, 0.1) is 0 Å². The fourth-order valence-electron chi connectivity index (χ4n) is 3.09. The van der Waals surface area contributed by atoms with E-state index < -0.39 is 0 Å². The molecule has 0 radical (unpaired) electrons. The lowest BCUT2D eigenvalue weighted by atomic mass is 10.1. The van der Waals surface area contributed by atoms with E-state index in [1.807, 2.05) is 0 Å². The first kappa shape index (κ1) is 16.2. The summed E-state index contributed by atoms with van der Waals surface area (Å²) in [5.41, 5.74) is 0. The van der Waals surface area contributed by atoms with Crippen molar-refractivity contribution in [2.24, 2.45) is 0 Å². The Hall–Kier alpha value is 0.250. The summed E-state index contributed by atoms with van der Waals surface area (Å²) in [6.45, 7) is 10.5. The van der Waals surface area contributed by atoms with Gasteiger partial charge in [-0.2, -0.15) is 0 Å². The predicted molar refractivity (Wildman–Crippen MR) is 68.0 cm³/mol. The minimum atomic E-state index is 0. The summed E-state index contributed by atoms with van der Waals surface area (Å²) in [5, 5.41) is 0. The minimum absolute atomic E-state index is 0. The summed E-state index contributed by atoms with van der Waals surface area (Å²) in [5.74, 6) is 0. The second-order valence-corrected chi connectivity index (χ2v) is 5.36. The number of unbranched alkanes of at least 4 members (excludes halogenated alkanes) is 4. The molecule has 1 rings (SSSR count). The van der Waals surface area contributed by atoms with E-state index >= 15 is 0 Å². The molecule has 1 nitrogen and oxygen atoms in total. The van der Waals surface area contributed by atoms with Crippen molar-refractivity contribution in [1.82, 2.24) is 0 Å². The lowest BCUT2D eigenvalue weighted by Gasteiger charge is -2.34. The lowest BCUT2D eigenvalue weighted by molar-refractivity contribution is -0.917. The topological polar surface area (TPSA) is 0 Å². The largest absolute Gasteiger partial charge is 1.00 e. The van der Waals surface area contributed by atoms with Crippen LogP contribution in [0.25, 0.3) is 0 Å². The number of quaternary nitrogens is 1. The molecule has 1 heterocycles. The van der Waals surface area contributed by atoms with Crippen molar-refractivity contribution in [3.8, 4) is 0 Å². The molecule has 0 saturated carbocycles.